The Kier molecular flexibility index (Phi) is 4.04. The molecule has 1 aromatic heterocycles. The summed E-state index contributed by atoms with van der Waals surface area (Å²) in [6.45, 7) is 4.18. The number of hydrogen-bond donors (Lipinski definition) is 1. The van der Waals surface area contributed by atoms with Gasteiger partial charge in [-0.15, -0.1) is 0 Å². The second-order valence-corrected chi connectivity index (χ2v) is 4.09. The van der Waals surface area contributed by atoms with Crippen molar-refractivity contribution in [2.45, 2.75) is 19.8 Å². The molecule has 2 rings (SSSR count). The zero-order valence-electron chi connectivity index (χ0n) is 10.5. The average Bonchev–Trinajstić information content (AvgIpc) is 2.77. The van der Waals surface area contributed by atoms with Crippen LogP contribution in [-0.2, 0) is 6.42 Å². The maximum atomic E-state index is 5.81. The number of furan rings is 1. The number of hydrogen-bond acceptors (Lipinski definition) is 3. The molecular formula is C14H19NO2. The normalized spacial score (nSPS) is 10.9. The maximum Gasteiger partial charge on any atom is 0.176 e. The van der Waals surface area contributed by atoms with Crippen LogP contribution in [0.2, 0.25) is 0 Å². The summed E-state index contributed by atoms with van der Waals surface area (Å²) in [5, 5.41) is 4.47. The van der Waals surface area contributed by atoms with Crippen LogP contribution in [0, 0.1) is 0 Å². The molecule has 0 radical (unpaired) electrons. The molecule has 3 heteroatoms. The fraction of sp³-hybridized carbons (Fsp3) is 0.429. The molecule has 0 amide bonds. The summed E-state index contributed by atoms with van der Waals surface area (Å²) in [4.78, 5) is 0. The summed E-state index contributed by atoms with van der Waals surface area (Å²) >= 11 is 0. The molecule has 0 aliphatic heterocycles. The molecule has 1 heterocycles. The molecule has 0 spiro atoms. The first-order chi connectivity index (χ1) is 8.35. The van der Waals surface area contributed by atoms with E-state index in [1.54, 1.807) is 7.11 Å². The van der Waals surface area contributed by atoms with E-state index in [1.807, 2.05) is 18.2 Å². The Hall–Kier alpha value is -1.48. The molecule has 0 atom stereocenters. The monoisotopic (exact) mass is 233 g/mol. The van der Waals surface area contributed by atoms with E-state index >= 15 is 0 Å². The fourth-order valence-electron chi connectivity index (χ4n) is 1.89. The predicted molar refractivity (Wildman–Crippen MR) is 69.6 cm³/mol. The first-order valence-electron chi connectivity index (χ1n) is 6.11. The summed E-state index contributed by atoms with van der Waals surface area (Å²) in [6, 6.07) is 8.04. The molecular weight excluding hydrogens is 214 g/mol. The van der Waals surface area contributed by atoms with Gasteiger partial charge in [-0.2, -0.15) is 0 Å². The van der Waals surface area contributed by atoms with E-state index < -0.39 is 0 Å². The fourth-order valence-corrected chi connectivity index (χ4v) is 1.89. The van der Waals surface area contributed by atoms with Gasteiger partial charge in [0.2, 0.25) is 0 Å². The van der Waals surface area contributed by atoms with Gasteiger partial charge in [-0.3, -0.25) is 0 Å². The highest BCUT2D eigenvalue weighted by atomic mass is 16.5. The van der Waals surface area contributed by atoms with Crippen LogP contribution in [0.1, 0.15) is 19.1 Å². The van der Waals surface area contributed by atoms with Crippen LogP contribution in [-0.4, -0.2) is 20.2 Å². The van der Waals surface area contributed by atoms with Gasteiger partial charge < -0.3 is 14.5 Å². The van der Waals surface area contributed by atoms with Crippen molar-refractivity contribution in [3.63, 3.8) is 0 Å². The number of methoxy groups -OCH3 is 1. The van der Waals surface area contributed by atoms with Crippen molar-refractivity contribution in [1.82, 2.24) is 5.32 Å². The van der Waals surface area contributed by atoms with E-state index in [2.05, 4.69) is 18.3 Å². The van der Waals surface area contributed by atoms with Crippen molar-refractivity contribution < 1.29 is 9.15 Å². The lowest BCUT2D eigenvalue weighted by Gasteiger charge is -2.00. The minimum atomic E-state index is 0.801. The van der Waals surface area contributed by atoms with Crippen molar-refractivity contribution in [3.8, 4) is 5.75 Å². The summed E-state index contributed by atoms with van der Waals surface area (Å²) in [7, 11) is 1.67. The lowest BCUT2D eigenvalue weighted by molar-refractivity contribution is 0.407. The van der Waals surface area contributed by atoms with E-state index in [0.29, 0.717) is 0 Å². The number of fused-ring (bicyclic) bond motifs is 1. The largest absolute Gasteiger partial charge is 0.493 e. The van der Waals surface area contributed by atoms with Gasteiger partial charge in [-0.25, -0.2) is 0 Å². The Bertz CT molecular complexity index is 476. The van der Waals surface area contributed by atoms with E-state index in [4.69, 9.17) is 9.15 Å². The minimum Gasteiger partial charge on any atom is -0.493 e. The van der Waals surface area contributed by atoms with E-state index in [1.165, 1.54) is 0 Å². The van der Waals surface area contributed by atoms with Crippen LogP contribution in [0.15, 0.2) is 28.7 Å². The molecule has 0 unspecified atom stereocenters. The second kappa shape index (κ2) is 5.73. The highest BCUT2D eigenvalue weighted by molar-refractivity contribution is 5.83. The lowest BCUT2D eigenvalue weighted by Crippen LogP contribution is -2.17. The summed E-state index contributed by atoms with van der Waals surface area (Å²) < 4.78 is 11.1. The van der Waals surface area contributed by atoms with Crippen molar-refractivity contribution in [2.24, 2.45) is 0 Å². The molecule has 1 N–H and O–H groups in total. The number of para-hydroxylation sites is 1. The molecule has 1 aromatic carbocycles. The Balaban J connectivity index is 2.09. The maximum absolute atomic E-state index is 5.81. The van der Waals surface area contributed by atoms with Gasteiger partial charge in [0, 0.05) is 18.4 Å². The summed E-state index contributed by atoms with van der Waals surface area (Å²) in [5.74, 6) is 1.81. The first kappa shape index (κ1) is 12.0. The molecule has 0 saturated carbocycles. The van der Waals surface area contributed by atoms with Crippen molar-refractivity contribution in [2.75, 3.05) is 20.2 Å². The number of rotatable bonds is 6. The Morgan fingerprint density at radius 3 is 2.94 bits per heavy atom. The van der Waals surface area contributed by atoms with Gasteiger partial charge in [0.1, 0.15) is 5.76 Å². The Morgan fingerprint density at radius 1 is 1.29 bits per heavy atom. The zero-order valence-corrected chi connectivity index (χ0v) is 10.5. The SMILES string of the molecule is CCCNCCc1cc2cccc(OC)c2o1. The summed E-state index contributed by atoms with van der Waals surface area (Å²) in [5.41, 5.74) is 0.848. The first-order valence-corrected chi connectivity index (χ1v) is 6.11. The molecule has 0 fully saturated rings. The van der Waals surface area contributed by atoms with Crippen molar-refractivity contribution in [1.29, 1.82) is 0 Å². The number of nitrogens with one attached hydrogen (secondary N) is 1. The van der Waals surface area contributed by atoms with E-state index in [9.17, 15) is 0 Å². The summed E-state index contributed by atoms with van der Waals surface area (Å²) in [6.07, 6.45) is 2.08. The third-order valence-electron chi connectivity index (χ3n) is 2.75. The van der Waals surface area contributed by atoms with Gasteiger partial charge in [0.25, 0.3) is 0 Å². The average molecular weight is 233 g/mol. The van der Waals surface area contributed by atoms with Crippen molar-refractivity contribution in [3.05, 3.63) is 30.0 Å². The Morgan fingerprint density at radius 2 is 2.18 bits per heavy atom. The second-order valence-electron chi connectivity index (χ2n) is 4.09. The van der Waals surface area contributed by atoms with Gasteiger partial charge in [0.15, 0.2) is 11.3 Å². The molecule has 2 aromatic rings. The smallest absolute Gasteiger partial charge is 0.176 e. The van der Waals surface area contributed by atoms with Crippen molar-refractivity contribution >= 4 is 11.0 Å². The topological polar surface area (TPSA) is 34.4 Å². The molecule has 17 heavy (non-hydrogen) atoms. The molecule has 0 saturated heterocycles. The molecule has 3 nitrogen and oxygen atoms in total. The van der Waals surface area contributed by atoms with Crippen LogP contribution in [0.4, 0.5) is 0 Å². The highest BCUT2D eigenvalue weighted by Crippen LogP contribution is 2.28. The van der Waals surface area contributed by atoms with Crippen LogP contribution in [0.25, 0.3) is 11.0 Å². The quantitative estimate of drug-likeness (QED) is 0.779. The molecule has 0 aliphatic rings. The van der Waals surface area contributed by atoms with Gasteiger partial charge in [-0.05, 0) is 25.1 Å². The minimum absolute atomic E-state index is 0.801. The highest BCUT2D eigenvalue weighted by Gasteiger charge is 2.07. The van der Waals surface area contributed by atoms with Gasteiger partial charge in [-0.1, -0.05) is 19.1 Å². The van der Waals surface area contributed by atoms with E-state index in [0.717, 1.165) is 48.4 Å². The van der Waals surface area contributed by atoms with Crippen LogP contribution < -0.4 is 10.1 Å². The number of benzene rings is 1. The Labute approximate surface area is 102 Å². The predicted octanol–water partition coefficient (Wildman–Crippen LogP) is 2.98. The van der Waals surface area contributed by atoms with Gasteiger partial charge >= 0.3 is 0 Å². The molecule has 0 aliphatic carbocycles. The molecule has 0 bridgehead atoms. The standard InChI is InChI=1S/C14H19NO2/c1-3-8-15-9-7-12-10-11-5-4-6-13(16-2)14(11)17-12/h4-6,10,15H,3,7-9H2,1-2H3. The zero-order chi connectivity index (χ0) is 12.1. The van der Waals surface area contributed by atoms with E-state index in [-0.39, 0.29) is 0 Å². The van der Waals surface area contributed by atoms with Crippen LogP contribution >= 0.6 is 0 Å². The molecule has 92 valence electrons. The third kappa shape index (κ3) is 2.80. The third-order valence-corrected chi connectivity index (χ3v) is 2.75. The lowest BCUT2D eigenvalue weighted by atomic mass is 10.2. The number of ether oxygens (including phenoxy) is 1. The van der Waals surface area contributed by atoms with Crippen LogP contribution in [0.5, 0.6) is 5.75 Å². The van der Waals surface area contributed by atoms with Gasteiger partial charge in [0.05, 0.1) is 7.11 Å². The van der Waals surface area contributed by atoms with Crippen LogP contribution in [0.3, 0.4) is 0 Å².